The van der Waals surface area contributed by atoms with Crippen LogP contribution in [-0.4, -0.2) is 31.3 Å². The third kappa shape index (κ3) is 6.41. The second-order valence-corrected chi connectivity index (χ2v) is 5.90. The van der Waals surface area contributed by atoms with Crippen molar-refractivity contribution in [3.8, 4) is 5.75 Å². The van der Waals surface area contributed by atoms with Gasteiger partial charge in [-0.15, -0.1) is 0 Å². The van der Waals surface area contributed by atoms with E-state index in [9.17, 15) is 0 Å². The third-order valence-electron chi connectivity index (χ3n) is 2.54. The average Bonchev–Trinajstić information content (AvgIpc) is 2.37. The summed E-state index contributed by atoms with van der Waals surface area (Å²) in [5.74, 6) is 0.845. The second kappa shape index (κ2) is 7.88. The lowest BCUT2D eigenvalue weighted by atomic mass is 10.1. The summed E-state index contributed by atoms with van der Waals surface area (Å²) < 4.78 is 16.7. The van der Waals surface area contributed by atoms with Crippen molar-refractivity contribution < 1.29 is 14.2 Å². The van der Waals surface area contributed by atoms with Gasteiger partial charge in [0, 0.05) is 5.33 Å². The van der Waals surface area contributed by atoms with Crippen molar-refractivity contribution in [2.24, 2.45) is 0 Å². The van der Waals surface area contributed by atoms with E-state index in [4.69, 9.17) is 14.2 Å². The number of halogens is 1. The van der Waals surface area contributed by atoms with Crippen LogP contribution in [0.2, 0.25) is 0 Å². The first kappa shape index (κ1) is 16.5. The van der Waals surface area contributed by atoms with Crippen molar-refractivity contribution in [3.05, 3.63) is 29.8 Å². The van der Waals surface area contributed by atoms with Gasteiger partial charge in [0.2, 0.25) is 0 Å². The minimum absolute atomic E-state index is 0.0127. The van der Waals surface area contributed by atoms with Crippen LogP contribution < -0.4 is 4.74 Å². The van der Waals surface area contributed by atoms with Gasteiger partial charge < -0.3 is 14.2 Å². The van der Waals surface area contributed by atoms with Crippen molar-refractivity contribution in [2.45, 2.75) is 32.5 Å². The number of hydrogen-bond donors (Lipinski definition) is 0. The van der Waals surface area contributed by atoms with E-state index in [-0.39, 0.29) is 11.7 Å². The smallest absolute Gasteiger partial charge is 0.119 e. The molecule has 108 valence electrons. The van der Waals surface area contributed by atoms with Crippen LogP contribution in [0.4, 0.5) is 0 Å². The molecule has 0 aliphatic carbocycles. The lowest BCUT2D eigenvalue weighted by Gasteiger charge is -2.21. The molecular weight excluding hydrogens is 308 g/mol. The molecule has 0 saturated carbocycles. The molecule has 0 aliphatic heterocycles. The van der Waals surface area contributed by atoms with Crippen molar-refractivity contribution in [2.75, 3.05) is 25.7 Å². The fourth-order valence-electron chi connectivity index (χ4n) is 1.61. The Hall–Kier alpha value is -0.580. The Labute approximate surface area is 124 Å². The molecule has 0 spiro atoms. The fraction of sp³-hybridized carbons (Fsp3) is 0.600. The van der Waals surface area contributed by atoms with Crippen molar-refractivity contribution >= 4 is 15.9 Å². The van der Waals surface area contributed by atoms with Gasteiger partial charge in [-0.25, -0.2) is 0 Å². The Morgan fingerprint density at radius 2 is 1.95 bits per heavy atom. The van der Waals surface area contributed by atoms with Crippen LogP contribution in [0.25, 0.3) is 0 Å². The van der Waals surface area contributed by atoms with E-state index in [0.29, 0.717) is 13.2 Å². The molecule has 4 heteroatoms. The van der Waals surface area contributed by atoms with E-state index in [1.165, 1.54) is 0 Å². The molecule has 0 fully saturated rings. The number of hydrogen-bond acceptors (Lipinski definition) is 3. The van der Waals surface area contributed by atoms with Crippen molar-refractivity contribution in [1.82, 2.24) is 0 Å². The van der Waals surface area contributed by atoms with Gasteiger partial charge in [-0.2, -0.15) is 0 Å². The van der Waals surface area contributed by atoms with Gasteiger partial charge in [0.05, 0.1) is 32.0 Å². The normalized spacial score (nSPS) is 13.3. The maximum absolute atomic E-state index is 5.84. The first-order valence-corrected chi connectivity index (χ1v) is 7.54. The highest BCUT2D eigenvalue weighted by atomic mass is 79.9. The quantitative estimate of drug-likeness (QED) is 0.559. The molecular formula is C15H23BrO3. The van der Waals surface area contributed by atoms with Gasteiger partial charge in [0.15, 0.2) is 0 Å². The molecule has 1 rings (SSSR count). The Morgan fingerprint density at radius 1 is 1.21 bits per heavy atom. The van der Waals surface area contributed by atoms with Crippen LogP contribution in [0, 0.1) is 0 Å². The summed E-state index contributed by atoms with van der Waals surface area (Å²) in [6.07, 6.45) is 0.0127. The lowest BCUT2D eigenvalue weighted by molar-refractivity contribution is -0.0480. The van der Waals surface area contributed by atoms with Crippen LogP contribution in [0.1, 0.15) is 32.4 Å². The zero-order valence-corrected chi connectivity index (χ0v) is 13.7. The first-order chi connectivity index (χ1) is 8.96. The number of methoxy groups -OCH3 is 1. The maximum Gasteiger partial charge on any atom is 0.119 e. The molecule has 0 amide bonds. The number of rotatable bonds is 7. The third-order valence-corrected chi connectivity index (χ3v) is 3.13. The predicted octanol–water partition coefficient (Wildman–Crippen LogP) is 3.96. The number of ether oxygens (including phenoxy) is 3. The molecule has 0 bridgehead atoms. The molecule has 0 heterocycles. The van der Waals surface area contributed by atoms with Crippen LogP contribution in [0.3, 0.4) is 0 Å². The molecule has 0 aliphatic rings. The average molecular weight is 331 g/mol. The molecule has 0 aromatic heterocycles. The van der Waals surface area contributed by atoms with E-state index >= 15 is 0 Å². The zero-order valence-electron chi connectivity index (χ0n) is 12.1. The Kier molecular flexibility index (Phi) is 6.83. The molecule has 0 saturated heterocycles. The topological polar surface area (TPSA) is 27.7 Å². The van der Waals surface area contributed by atoms with E-state index in [0.717, 1.165) is 16.6 Å². The minimum atomic E-state index is -0.122. The molecule has 19 heavy (non-hydrogen) atoms. The van der Waals surface area contributed by atoms with Gasteiger partial charge in [0.1, 0.15) is 5.75 Å². The van der Waals surface area contributed by atoms with Crippen LogP contribution >= 0.6 is 15.9 Å². The summed E-state index contributed by atoms with van der Waals surface area (Å²) in [6, 6.07) is 7.94. The number of benzene rings is 1. The van der Waals surface area contributed by atoms with E-state index in [2.05, 4.69) is 15.9 Å². The van der Waals surface area contributed by atoms with Crippen molar-refractivity contribution in [3.63, 3.8) is 0 Å². The fourth-order valence-corrected chi connectivity index (χ4v) is 2.17. The largest absolute Gasteiger partial charge is 0.497 e. The Morgan fingerprint density at radius 3 is 2.53 bits per heavy atom. The molecule has 3 nitrogen and oxygen atoms in total. The molecule has 1 atom stereocenters. The highest BCUT2D eigenvalue weighted by molar-refractivity contribution is 9.09. The van der Waals surface area contributed by atoms with Crippen molar-refractivity contribution in [1.29, 1.82) is 0 Å². The van der Waals surface area contributed by atoms with Gasteiger partial charge in [-0.05, 0) is 38.5 Å². The first-order valence-electron chi connectivity index (χ1n) is 6.42. The van der Waals surface area contributed by atoms with Gasteiger partial charge in [0.25, 0.3) is 0 Å². The summed E-state index contributed by atoms with van der Waals surface area (Å²) in [5.41, 5.74) is 0.982. The summed E-state index contributed by atoms with van der Waals surface area (Å²) in [4.78, 5) is 0. The van der Waals surface area contributed by atoms with Gasteiger partial charge in [-0.3, -0.25) is 0 Å². The predicted molar refractivity (Wildman–Crippen MR) is 81.2 cm³/mol. The van der Waals surface area contributed by atoms with E-state index < -0.39 is 0 Å². The summed E-state index contributed by atoms with van der Waals surface area (Å²) in [7, 11) is 1.67. The SMILES string of the molecule is COc1cccc(C(CBr)OCCOC(C)(C)C)c1. The van der Waals surface area contributed by atoms with Gasteiger partial charge >= 0.3 is 0 Å². The molecule has 0 N–H and O–H groups in total. The standard InChI is InChI=1S/C15H23BrO3/c1-15(2,3)19-9-8-18-14(11-16)12-6-5-7-13(10-12)17-4/h5-7,10,14H,8-9,11H2,1-4H3. The van der Waals surface area contributed by atoms with Crippen LogP contribution in [-0.2, 0) is 9.47 Å². The second-order valence-electron chi connectivity index (χ2n) is 5.25. The summed E-state index contributed by atoms with van der Waals surface area (Å²) in [5, 5.41) is 0.746. The number of alkyl halides is 1. The molecule has 1 unspecified atom stereocenters. The Bertz CT molecular complexity index is 374. The minimum Gasteiger partial charge on any atom is -0.497 e. The molecule has 0 radical (unpaired) electrons. The zero-order chi connectivity index (χ0) is 14.3. The lowest BCUT2D eigenvalue weighted by Crippen LogP contribution is -2.22. The molecule has 1 aromatic rings. The Balaban J connectivity index is 2.48. The van der Waals surface area contributed by atoms with E-state index in [1.54, 1.807) is 7.11 Å². The molecule has 1 aromatic carbocycles. The van der Waals surface area contributed by atoms with Crippen LogP contribution in [0.5, 0.6) is 5.75 Å². The van der Waals surface area contributed by atoms with E-state index in [1.807, 2.05) is 45.0 Å². The maximum atomic E-state index is 5.84. The van der Waals surface area contributed by atoms with Crippen LogP contribution in [0.15, 0.2) is 24.3 Å². The highest BCUT2D eigenvalue weighted by Gasteiger charge is 2.13. The monoisotopic (exact) mass is 330 g/mol. The summed E-state index contributed by atoms with van der Waals surface area (Å²) >= 11 is 3.48. The van der Waals surface area contributed by atoms with Gasteiger partial charge in [-0.1, -0.05) is 28.1 Å². The highest BCUT2D eigenvalue weighted by Crippen LogP contribution is 2.23. The summed E-state index contributed by atoms with van der Waals surface area (Å²) in [6.45, 7) is 7.28.